The second kappa shape index (κ2) is 7.84. The minimum absolute atomic E-state index is 0.318. The molecule has 2 atom stereocenters. The summed E-state index contributed by atoms with van der Waals surface area (Å²) >= 11 is 0. The molecule has 6 rings (SSSR count). The molecular weight excluding hydrogens is 380 g/mol. The summed E-state index contributed by atoms with van der Waals surface area (Å²) in [6.07, 6.45) is 3.17. The number of aryl methyl sites for hydroxylation is 1. The predicted molar refractivity (Wildman–Crippen MR) is 129 cm³/mol. The molecule has 0 aromatic heterocycles. The highest BCUT2D eigenvalue weighted by molar-refractivity contribution is 5.94. The van der Waals surface area contributed by atoms with E-state index in [1.54, 1.807) is 0 Å². The Balaban J connectivity index is 1.43. The van der Waals surface area contributed by atoms with Gasteiger partial charge in [0.2, 0.25) is 0 Å². The summed E-state index contributed by atoms with van der Waals surface area (Å²) in [5, 5.41) is 9.68. The van der Waals surface area contributed by atoms with Gasteiger partial charge in [-0.3, -0.25) is 9.98 Å². The van der Waals surface area contributed by atoms with Crippen LogP contribution in [0.4, 0.5) is 0 Å². The smallest absolute Gasteiger partial charge is 0.105 e. The fourth-order valence-corrected chi connectivity index (χ4v) is 5.57. The molecule has 3 aliphatic rings. The molecule has 2 unspecified atom stereocenters. The van der Waals surface area contributed by atoms with E-state index in [0.29, 0.717) is 11.8 Å². The first-order chi connectivity index (χ1) is 15.4. The third-order valence-electron chi connectivity index (χ3n) is 7.04. The normalized spacial score (nSPS) is 22.5. The Hall–Kier alpha value is -3.14. The van der Waals surface area contributed by atoms with Crippen molar-refractivity contribution < 1.29 is 0 Å². The molecule has 3 aromatic rings. The van der Waals surface area contributed by atoms with Gasteiger partial charge in [0, 0.05) is 25.4 Å². The van der Waals surface area contributed by atoms with Crippen molar-refractivity contribution in [3.63, 3.8) is 0 Å². The van der Waals surface area contributed by atoms with Gasteiger partial charge in [-0.25, -0.2) is 0 Å². The molecule has 0 amide bonds. The highest BCUT2D eigenvalue weighted by Gasteiger charge is 2.35. The van der Waals surface area contributed by atoms with Gasteiger partial charge in [0.1, 0.15) is 11.7 Å². The van der Waals surface area contributed by atoms with Crippen molar-refractivity contribution in [2.24, 2.45) is 9.98 Å². The number of hydrogen-bond donors (Lipinski definition) is 2. The van der Waals surface area contributed by atoms with Crippen LogP contribution in [-0.2, 0) is 12.8 Å². The third-order valence-corrected chi connectivity index (χ3v) is 7.04. The van der Waals surface area contributed by atoms with Crippen molar-refractivity contribution in [3.05, 3.63) is 82.9 Å². The van der Waals surface area contributed by atoms with Gasteiger partial charge in [-0.15, -0.1) is 0 Å². The highest BCUT2D eigenvalue weighted by atomic mass is 15.1. The van der Waals surface area contributed by atoms with Crippen LogP contribution in [0.25, 0.3) is 10.8 Å². The average Bonchev–Trinajstić information content (AvgIpc) is 3.53. The lowest BCUT2D eigenvalue weighted by atomic mass is 9.71. The fourth-order valence-electron chi connectivity index (χ4n) is 5.57. The first kappa shape index (κ1) is 18.6. The predicted octanol–water partition coefficient (Wildman–Crippen LogP) is 4.20. The van der Waals surface area contributed by atoms with Gasteiger partial charge < -0.3 is 10.6 Å². The van der Waals surface area contributed by atoms with Gasteiger partial charge in [-0.1, -0.05) is 60.7 Å². The van der Waals surface area contributed by atoms with Crippen LogP contribution >= 0.6 is 0 Å². The molecule has 4 nitrogen and oxygen atoms in total. The maximum absolute atomic E-state index is 4.86. The summed E-state index contributed by atoms with van der Waals surface area (Å²) in [6, 6.07) is 22.7. The second-order valence-corrected chi connectivity index (χ2v) is 8.85. The molecule has 1 aliphatic carbocycles. The average molecular weight is 409 g/mol. The van der Waals surface area contributed by atoms with Crippen molar-refractivity contribution in [1.82, 2.24) is 10.6 Å². The molecule has 0 fully saturated rings. The lowest BCUT2D eigenvalue weighted by molar-refractivity contribution is 0.548. The van der Waals surface area contributed by atoms with E-state index in [-0.39, 0.29) is 0 Å². The van der Waals surface area contributed by atoms with E-state index in [4.69, 9.17) is 4.99 Å². The number of hydrogen-bond acceptors (Lipinski definition) is 4. The maximum Gasteiger partial charge on any atom is 0.105 e. The van der Waals surface area contributed by atoms with Gasteiger partial charge in [-0.05, 0) is 51.8 Å². The topological polar surface area (TPSA) is 48.8 Å². The number of nitrogens with one attached hydrogen (secondary N) is 2. The second-order valence-electron chi connectivity index (χ2n) is 8.85. The van der Waals surface area contributed by atoms with E-state index in [0.717, 1.165) is 51.3 Å². The number of rotatable bonds is 4. The van der Waals surface area contributed by atoms with Crippen LogP contribution in [0.15, 0.2) is 70.6 Å². The van der Waals surface area contributed by atoms with Crippen molar-refractivity contribution in [3.8, 4) is 0 Å². The van der Waals surface area contributed by atoms with E-state index < -0.39 is 0 Å². The molecule has 0 saturated heterocycles. The molecule has 0 saturated carbocycles. The van der Waals surface area contributed by atoms with Crippen LogP contribution in [0, 0.1) is 0 Å². The zero-order valence-electron chi connectivity index (χ0n) is 17.8. The molecule has 4 heteroatoms. The Bertz CT molecular complexity index is 1190. The molecule has 0 radical (unpaired) electrons. The largest absolute Gasteiger partial charge is 0.372 e. The number of aliphatic imine (C=N–C) groups is 2. The Morgan fingerprint density at radius 1 is 0.871 bits per heavy atom. The van der Waals surface area contributed by atoms with Crippen molar-refractivity contribution in [1.29, 1.82) is 0 Å². The molecular formula is C27H28N4. The van der Waals surface area contributed by atoms with Gasteiger partial charge in [0.05, 0.1) is 13.1 Å². The Morgan fingerprint density at radius 3 is 2.65 bits per heavy atom. The lowest BCUT2D eigenvalue weighted by Crippen LogP contribution is -2.33. The maximum atomic E-state index is 4.86. The quantitative estimate of drug-likeness (QED) is 0.680. The van der Waals surface area contributed by atoms with Crippen LogP contribution in [0.2, 0.25) is 0 Å². The van der Waals surface area contributed by atoms with Gasteiger partial charge in [0.15, 0.2) is 0 Å². The van der Waals surface area contributed by atoms with E-state index in [2.05, 4.69) is 76.3 Å². The van der Waals surface area contributed by atoms with Crippen LogP contribution in [0.1, 0.15) is 40.5 Å². The Labute approximate surface area is 183 Å². The first-order valence-electron chi connectivity index (χ1n) is 11.5. The number of benzene rings is 3. The lowest BCUT2D eigenvalue weighted by Gasteiger charge is -2.34. The number of nitrogens with zero attached hydrogens (tertiary/aromatic N) is 2. The van der Waals surface area contributed by atoms with Crippen molar-refractivity contribution in [2.75, 3.05) is 26.2 Å². The molecule has 0 bridgehead atoms. The van der Waals surface area contributed by atoms with Crippen LogP contribution < -0.4 is 10.6 Å². The summed E-state index contributed by atoms with van der Waals surface area (Å²) in [6.45, 7) is 3.70. The summed E-state index contributed by atoms with van der Waals surface area (Å²) in [5.41, 5.74) is 5.71. The van der Waals surface area contributed by atoms with Gasteiger partial charge in [-0.2, -0.15) is 0 Å². The molecule has 2 N–H and O–H groups in total. The van der Waals surface area contributed by atoms with E-state index in [1.807, 2.05) is 0 Å². The first-order valence-corrected chi connectivity index (χ1v) is 11.5. The van der Waals surface area contributed by atoms with Gasteiger partial charge in [0.25, 0.3) is 0 Å². The molecule has 2 aliphatic heterocycles. The summed E-state index contributed by atoms with van der Waals surface area (Å²) < 4.78 is 0. The fraction of sp³-hybridized carbons (Fsp3) is 0.333. The molecule has 156 valence electrons. The van der Waals surface area contributed by atoms with Crippen molar-refractivity contribution >= 4 is 22.4 Å². The molecule has 3 aromatic carbocycles. The molecule has 0 spiro atoms. The standard InChI is InChI=1S/C27H28N4/c1-2-7-22-18(4-1)10-11-23(26(22)27-30-14-15-31-27)21-9-8-19-5-3-6-20(24(19)16-21)17-25-28-12-13-29-25/h1-9,16,23,26H,10-15,17H2,(H,28,29)(H,30,31). The molecule has 2 heterocycles. The van der Waals surface area contributed by atoms with Gasteiger partial charge >= 0.3 is 0 Å². The number of amidine groups is 2. The minimum Gasteiger partial charge on any atom is -0.372 e. The van der Waals surface area contributed by atoms with E-state index in [9.17, 15) is 0 Å². The highest BCUT2D eigenvalue weighted by Crippen LogP contribution is 2.44. The van der Waals surface area contributed by atoms with E-state index in [1.165, 1.54) is 38.9 Å². The zero-order valence-corrected chi connectivity index (χ0v) is 17.8. The number of fused-ring (bicyclic) bond motifs is 2. The summed E-state index contributed by atoms with van der Waals surface area (Å²) in [5.74, 6) is 3.05. The third kappa shape index (κ3) is 3.40. The minimum atomic E-state index is 0.318. The SMILES string of the molecule is c1ccc2c(c1)CCC(c1ccc3cccc(CC4=NCCN4)c3c1)C2C1=NCCN1. The van der Waals surface area contributed by atoms with Crippen LogP contribution in [0.3, 0.4) is 0 Å². The Kier molecular flexibility index (Phi) is 4.71. The summed E-state index contributed by atoms with van der Waals surface area (Å²) in [7, 11) is 0. The summed E-state index contributed by atoms with van der Waals surface area (Å²) in [4.78, 5) is 9.48. The van der Waals surface area contributed by atoms with Crippen LogP contribution in [-0.4, -0.2) is 37.9 Å². The van der Waals surface area contributed by atoms with Crippen LogP contribution in [0.5, 0.6) is 0 Å². The Morgan fingerprint density at radius 2 is 1.77 bits per heavy atom. The van der Waals surface area contributed by atoms with Crippen molar-refractivity contribution in [2.45, 2.75) is 31.1 Å². The molecule has 31 heavy (non-hydrogen) atoms. The van der Waals surface area contributed by atoms with E-state index >= 15 is 0 Å². The monoisotopic (exact) mass is 408 g/mol. The zero-order chi connectivity index (χ0) is 20.6.